The summed E-state index contributed by atoms with van der Waals surface area (Å²) in [6.45, 7) is 0.0852. The quantitative estimate of drug-likeness (QED) is 0.554. The number of rotatable bonds is 6. The number of anilines is 2. The molecule has 7 heteroatoms. The molecule has 2 aromatic carbocycles. The van der Waals surface area contributed by atoms with Gasteiger partial charge in [-0.25, -0.2) is 0 Å². The van der Waals surface area contributed by atoms with Gasteiger partial charge < -0.3 is 25.4 Å². The second-order valence-electron chi connectivity index (χ2n) is 5.03. The Morgan fingerprint density at radius 2 is 1.68 bits per heavy atom. The van der Waals surface area contributed by atoms with Crippen molar-refractivity contribution in [3.05, 3.63) is 48.5 Å². The van der Waals surface area contributed by atoms with E-state index in [2.05, 4.69) is 20.9 Å². The smallest absolute Gasteiger partial charge is 0.243 e. The van der Waals surface area contributed by atoms with Crippen molar-refractivity contribution in [2.75, 3.05) is 38.4 Å². The summed E-state index contributed by atoms with van der Waals surface area (Å²) >= 11 is 0. The number of para-hydroxylation sites is 1. The summed E-state index contributed by atoms with van der Waals surface area (Å²) in [6.07, 6.45) is 0. The molecule has 0 atom stereocenters. The number of benzene rings is 2. The van der Waals surface area contributed by atoms with Crippen LogP contribution in [-0.4, -0.2) is 39.7 Å². The summed E-state index contributed by atoms with van der Waals surface area (Å²) in [7, 11) is 4.78. The number of guanidine groups is 1. The minimum Gasteiger partial charge on any atom is -0.493 e. The molecule has 0 saturated carbocycles. The molecule has 132 valence electrons. The van der Waals surface area contributed by atoms with Crippen molar-refractivity contribution in [3.8, 4) is 11.5 Å². The molecule has 0 fully saturated rings. The maximum Gasteiger partial charge on any atom is 0.243 e. The zero-order valence-electron chi connectivity index (χ0n) is 14.5. The standard InChI is InChI=1S/C18H22N4O3/c1-19-18(20-12-17(23)21-13-7-5-4-6-8-13)22-14-9-10-15(24-2)16(11-14)25-3/h4-11H,12H2,1-3H3,(H,21,23)(H2,19,20,22). The highest BCUT2D eigenvalue weighted by Crippen LogP contribution is 2.29. The molecular formula is C18H22N4O3. The van der Waals surface area contributed by atoms with Crippen molar-refractivity contribution in [3.63, 3.8) is 0 Å². The molecule has 25 heavy (non-hydrogen) atoms. The number of nitrogens with one attached hydrogen (secondary N) is 3. The molecule has 0 aliphatic heterocycles. The van der Waals surface area contributed by atoms with E-state index in [1.54, 1.807) is 33.4 Å². The van der Waals surface area contributed by atoms with Crippen LogP contribution in [0, 0.1) is 0 Å². The van der Waals surface area contributed by atoms with E-state index in [4.69, 9.17) is 9.47 Å². The lowest BCUT2D eigenvalue weighted by Crippen LogP contribution is -2.37. The molecule has 0 radical (unpaired) electrons. The largest absolute Gasteiger partial charge is 0.493 e. The molecule has 0 unspecified atom stereocenters. The molecule has 0 heterocycles. The van der Waals surface area contributed by atoms with Gasteiger partial charge in [-0.3, -0.25) is 9.79 Å². The number of aliphatic imine (C=N–C) groups is 1. The van der Waals surface area contributed by atoms with Crippen molar-refractivity contribution in [1.82, 2.24) is 5.32 Å². The first-order valence-electron chi connectivity index (χ1n) is 7.71. The van der Waals surface area contributed by atoms with E-state index in [-0.39, 0.29) is 12.5 Å². The first-order valence-corrected chi connectivity index (χ1v) is 7.71. The summed E-state index contributed by atoms with van der Waals surface area (Å²) in [4.78, 5) is 16.1. The number of methoxy groups -OCH3 is 2. The average molecular weight is 342 g/mol. The van der Waals surface area contributed by atoms with E-state index in [1.165, 1.54) is 0 Å². The highest BCUT2D eigenvalue weighted by molar-refractivity contribution is 5.99. The van der Waals surface area contributed by atoms with E-state index in [0.717, 1.165) is 11.4 Å². The van der Waals surface area contributed by atoms with E-state index < -0.39 is 0 Å². The van der Waals surface area contributed by atoms with Crippen LogP contribution in [0.3, 0.4) is 0 Å². The molecule has 3 N–H and O–H groups in total. The molecule has 0 aromatic heterocycles. The van der Waals surface area contributed by atoms with Crippen LogP contribution < -0.4 is 25.4 Å². The van der Waals surface area contributed by atoms with Gasteiger partial charge in [0.2, 0.25) is 5.91 Å². The topological polar surface area (TPSA) is 84.0 Å². The van der Waals surface area contributed by atoms with Gasteiger partial charge in [0.15, 0.2) is 17.5 Å². The van der Waals surface area contributed by atoms with E-state index in [1.807, 2.05) is 36.4 Å². The van der Waals surface area contributed by atoms with Crippen molar-refractivity contribution in [2.45, 2.75) is 0 Å². The van der Waals surface area contributed by atoms with Gasteiger partial charge >= 0.3 is 0 Å². The number of hydrogen-bond acceptors (Lipinski definition) is 4. The number of ether oxygens (including phenoxy) is 2. The monoisotopic (exact) mass is 342 g/mol. The molecule has 0 bridgehead atoms. The highest BCUT2D eigenvalue weighted by Gasteiger charge is 2.08. The number of carbonyl (C=O) groups is 1. The lowest BCUT2D eigenvalue weighted by atomic mass is 10.3. The predicted octanol–water partition coefficient (Wildman–Crippen LogP) is 2.33. The maximum atomic E-state index is 12.0. The second kappa shape index (κ2) is 9.17. The van der Waals surface area contributed by atoms with Crippen LogP contribution >= 0.6 is 0 Å². The second-order valence-corrected chi connectivity index (χ2v) is 5.03. The Bertz CT molecular complexity index is 732. The predicted molar refractivity (Wildman–Crippen MR) is 99.6 cm³/mol. The minimum absolute atomic E-state index is 0.0852. The van der Waals surface area contributed by atoms with Gasteiger partial charge in [0, 0.05) is 24.5 Å². The van der Waals surface area contributed by atoms with E-state index in [0.29, 0.717) is 17.5 Å². The third kappa shape index (κ3) is 5.42. The van der Waals surface area contributed by atoms with Crippen LogP contribution in [0.5, 0.6) is 11.5 Å². The van der Waals surface area contributed by atoms with Crippen molar-refractivity contribution in [2.24, 2.45) is 4.99 Å². The molecule has 0 spiro atoms. The van der Waals surface area contributed by atoms with E-state index >= 15 is 0 Å². The summed E-state index contributed by atoms with van der Waals surface area (Å²) in [5.41, 5.74) is 1.51. The number of amides is 1. The molecule has 1 amide bonds. The number of nitrogens with zero attached hydrogens (tertiary/aromatic N) is 1. The molecule has 7 nitrogen and oxygen atoms in total. The van der Waals surface area contributed by atoms with Gasteiger partial charge in [0.1, 0.15) is 0 Å². The number of hydrogen-bond donors (Lipinski definition) is 3. The maximum absolute atomic E-state index is 12.0. The van der Waals surface area contributed by atoms with Gasteiger partial charge in [0.25, 0.3) is 0 Å². The Morgan fingerprint density at radius 1 is 0.960 bits per heavy atom. The van der Waals surface area contributed by atoms with Gasteiger partial charge in [-0.1, -0.05) is 18.2 Å². The van der Waals surface area contributed by atoms with Crippen molar-refractivity contribution >= 4 is 23.2 Å². The molecule has 0 aliphatic rings. The van der Waals surface area contributed by atoms with Crippen LogP contribution in [0.25, 0.3) is 0 Å². The van der Waals surface area contributed by atoms with Gasteiger partial charge in [-0.05, 0) is 24.3 Å². The molecule has 2 aromatic rings. The third-order valence-electron chi connectivity index (χ3n) is 3.34. The van der Waals surface area contributed by atoms with Crippen molar-refractivity contribution in [1.29, 1.82) is 0 Å². The van der Waals surface area contributed by atoms with Crippen LogP contribution in [0.2, 0.25) is 0 Å². The fourth-order valence-electron chi connectivity index (χ4n) is 2.12. The Balaban J connectivity index is 1.91. The molecule has 2 rings (SSSR count). The number of carbonyl (C=O) groups excluding carboxylic acids is 1. The first kappa shape index (κ1) is 18.1. The third-order valence-corrected chi connectivity index (χ3v) is 3.34. The van der Waals surface area contributed by atoms with E-state index in [9.17, 15) is 4.79 Å². The Labute approximate surface area is 147 Å². The lowest BCUT2D eigenvalue weighted by molar-refractivity contribution is -0.115. The SMILES string of the molecule is CN=C(NCC(=O)Nc1ccccc1)Nc1ccc(OC)c(OC)c1. The van der Waals surface area contributed by atoms with Crippen LogP contribution in [0.4, 0.5) is 11.4 Å². The van der Waals surface area contributed by atoms with Crippen molar-refractivity contribution < 1.29 is 14.3 Å². The summed E-state index contributed by atoms with van der Waals surface area (Å²) in [5, 5.41) is 8.85. The summed E-state index contributed by atoms with van der Waals surface area (Å²) in [6, 6.07) is 14.7. The van der Waals surface area contributed by atoms with Gasteiger partial charge in [-0.15, -0.1) is 0 Å². The van der Waals surface area contributed by atoms with Gasteiger partial charge in [-0.2, -0.15) is 0 Å². The molecule has 0 saturated heterocycles. The zero-order valence-corrected chi connectivity index (χ0v) is 14.5. The Morgan fingerprint density at radius 3 is 2.32 bits per heavy atom. The zero-order chi connectivity index (χ0) is 18.1. The molecular weight excluding hydrogens is 320 g/mol. The minimum atomic E-state index is -0.165. The normalized spacial score (nSPS) is 10.8. The fourth-order valence-corrected chi connectivity index (χ4v) is 2.12. The van der Waals surface area contributed by atoms with Crippen LogP contribution in [0.1, 0.15) is 0 Å². The van der Waals surface area contributed by atoms with Crippen LogP contribution in [-0.2, 0) is 4.79 Å². The Hall–Kier alpha value is -3.22. The Kier molecular flexibility index (Phi) is 6.65. The average Bonchev–Trinajstić information content (AvgIpc) is 2.65. The lowest BCUT2D eigenvalue weighted by Gasteiger charge is -2.14. The highest BCUT2D eigenvalue weighted by atomic mass is 16.5. The first-order chi connectivity index (χ1) is 12.2. The summed E-state index contributed by atoms with van der Waals surface area (Å²) in [5.74, 6) is 1.54. The van der Waals surface area contributed by atoms with Gasteiger partial charge in [0.05, 0.1) is 20.8 Å². The fraction of sp³-hybridized carbons (Fsp3) is 0.222. The summed E-state index contributed by atoms with van der Waals surface area (Å²) < 4.78 is 10.5. The molecule has 0 aliphatic carbocycles. The van der Waals surface area contributed by atoms with Crippen LogP contribution in [0.15, 0.2) is 53.5 Å².